The highest BCUT2D eigenvalue weighted by Crippen LogP contribution is 2.44. The Morgan fingerprint density at radius 1 is 0.478 bits per heavy atom. The van der Waals surface area contributed by atoms with Crippen molar-refractivity contribution in [3.05, 3.63) is 175 Å². The van der Waals surface area contributed by atoms with Crippen molar-refractivity contribution in [3.8, 4) is 22.3 Å². The topological polar surface area (TPSA) is 16.4 Å². The van der Waals surface area contributed by atoms with Gasteiger partial charge in [0, 0.05) is 33.2 Å². The summed E-state index contributed by atoms with van der Waals surface area (Å²) in [5, 5.41) is 0.210. The maximum absolute atomic E-state index is 9.90. The van der Waals surface area contributed by atoms with Crippen LogP contribution < -0.4 is 4.90 Å². The number of rotatable bonds is 5. The molecule has 9 rings (SSSR count). The fraction of sp³-hybridized carbons (Fsp3) is 0. The first kappa shape index (κ1) is 12.7. The molecule has 2 heteroatoms. The van der Waals surface area contributed by atoms with Crippen LogP contribution in [0.3, 0.4) is 0 Å². The van der Waals surface area contributed by atoms with Crippen LogP contribution in [-0.2, 0) is 0 Å². The van der Waals surface area contributed by atoms with Gasteiger partial charge in [-0.2, -0.15) is 0 Å². The van der Waals surface area contributed by atoms with Gasteiger partial charge in [-0.05, 0) is 86.8 Å². The molecule has 8 aromatic carbocycles. The third-order valence-electron chi connectivity index (χ3n) is 7.55. The Balaban J connectivity index is 1.45. The lowest BCUT2D eigenvalue weighted by Gasteiger charge is -2.26. The first-order valence-electron chi connectivity index (χ1n) is 24.5. The van der Waals surface area contributed by atoms with Crippen LogP contribution in [-0.4, -0.2) is 0 Å². The zero-order valence-electron chi connectivity index (χ0n) is 44.5. The number of fused-ring (bicyclic) bond motifs is 6. The molecule has 216 valence electrons. The summed E-state index contributed by atoms with van der Waals surface area (Å²) in [5.74, 6) is 0. The van der Waals surface area contributed by atoms with E-state index in [-0.39, 0.29) is 38.6 Å². The molecule has 46 heavy (non-hydrogen) atoms. The maximum atomic E-state index is 9.90. The largest absolute Gasteiger partial charge is 0.455 e. The molecule has 0 saturated heterocycles. The lowest BCUT2D eigenvalue weighted by Crippen LogP contribution is -2.09. The lowest BCUT2D eigenvalue weighted by atomic mass is 9.93. The summed E-state index contributed by atoms with van der Waals surface area (Å²) in [5.41, 5.74) is -2.40. The number of anilines is 3. The molecule has 0 spiro atoms. The monoisotopic (exact) mass is 608 g/mol. The summed E-state index contributed by atoms with van der Waals surface area (Å²) < 4.78 is 192. The third-order valence-corrected chi connectivity index (χ3v) is 7.55. The van der Waals surface area contributed by atoms with E-state index in [0.29, 0.717) is 15.7 Å². The number of furan rings is 1. The quantitative estimate of drug-likeness (QED) is 0.193. The van der Waals surface area contributed by atoms with E-state index in [1.54, 1.807) is 36.4 Å². The van der Waals surface area contributed by atoms with Crippen LogP contribution in [0.5, 0.6) is 0 Å². The molecule has 0 aliphatic heterocycles. The number of para-hydroxylation sites is 1. The average Bonchev–Trinajstić information content (AvgIpc) is 3.70. The first-order chi connectivity index (χ1) is 31.6. The highest BCUT2D eigenvalue weighted by Gasteiger charge is 2.19. The van der Waals surface area contributed by atoms with E-state index in [4.69, 9.17) is 25.0 Å². The molecule has 0 radical (unpaired) electrons. The summed E-state index contributed by atoms with van der Waals surface area (Å²) in [6, 6.07) is -3.81. The van der Waals surface area contributed by atoms with Crippen LogP contribution in [0.4, 0.5) is 17.1 Å². The molecule has 0 fully saturated rings. The molecule has 0 saturated carbocycles. The van der Waals surface area contributed by atoms with Gasteiger partial charge in [0.05, 0.1) is 28.8 Å². The molecule has 0 N–H and O–H groups in total. The van der Waals surface area contributed by atoms with Crippen LogP contribution >= 0.6 is 0 Å². The molecule has 0 aliphatic carbocycles. The van der Waals surface area contributed by atoms with Gasteiger partial charge in [-0.1, -0.05) is 127 Å². The van der Waals surface area contributed by atoms with Crippen molar-refractivity contribution < 1.29 is 33.2 Å². The highest BCUT2D eigenvalue weighted by atomic mass is 16.3. The Morgan fingerprint density at radius 2 is 1.17 bits per heavy atom. The predicted molar refractivity (Wildman–Crippen MR) is 194 cm³/mol. The van der Waals surface area contributed by atoms with Crippen molar-refractivity contribution in [2.75, 3.05) is 4.90 Å². The Kier molecular flexibility index (Phi) is 2.98. The van der Waals surface area contributed by atoms with Gasteiger partial charge in [-0.3, -0.25) is 0 Å². The zero-order valence-corrected chi connectivity index (χ0v) is 23.5. The van der Waals surface area contributed by atoms with Crippen LogP contribution in [0, 0.1) is 0 Å². The van der Waals surface area contributed by atoms with E-state index in [0.717, 1.165) is 0 Å². The van der Waals surface area contributed by atoms with E-state index in [1.807, 2.05) is 0 Å². The number of benzene rings is 8. The van der Waals surface area contributed by atoms with Crippen LogP contribution in [0.2, 0.25) is 0 Å². The van der Waals surface area contributed by atoms with Crippen molar-refractivity contribution in [1.29, 1.82) is 0 Å². The average molecular weight is 609 g/mol. The van der Waals surface area contributed by atoms with Crippen LogP contribution in [0.1, 0.15) is 28.8 Å². The van der Waals surface area contributed by atoms with Gasteiger partial charge in [0.1, 0.15) is 11.2 Å². The minimum absolute atomic E-state index is 0.00954. The van der Waals surface area contributed by atoms with E-state index in [1.165, 1.54) is 12.1 Å². The molecular weight excluding hydrogens is 558 g/mol. The van der Waals surface area contributed by atoms with Crippen molar-refractivity contribution in [2.24, 2.45) is 0 Å². The Morgan fingerprint density at radius 3 is 2.02 bits per heavy atom. The standard InChI is InChI=1S/C44H29NO/c1-3-14-31(15-4-1)40-29-41-43-37(23-12-24-42(43)46-44(41)39-22-10-9-21-38(39)40)33-17-11-20-35(28-33)45(34-18-5-2-6-19-34)36-26-25-30-13-7-8-16-32(30)27-36/h1-29H/i1D,2D,3D,4D,5D,6D,7D,8D,11D,13D,14D,15D,16D,17D,18D,19D,20D,25D,26D,27D,28D. The van der Waals surface area contributed by atoms with Crippen molar-refractivity contribution in [2.45, 2.75) is 0 Å². The summed E-state index contributed by atoms with van der Waals surface area (Å²) in [6.07, 6.45) is 0. The van der Waals surface area contributed by atoms with E-state index < -0.39 is 160 Å². The van der Waals surface area contributed by atoms with E-state index >= 15 is 0 Å². The zero-order chi connectivity index (χ0) is 48.7. The lowest BCUT2D eigenvalue weighted by molar-refractivity contribution is 0.673. The highest BCUT2D eigenvalue weighted by molar-refractivity contribution is 6.22. The van der Waals surface area contributed by atoms with Crippen molar-refractivity contribution in [3.63, 3.8) is 0 Å². The molecule has 0 unspecified atom stereocenters. The fourth-order valence-corrected chi connectivity index (χ4v) is 5.60. The number of nitrogens with zero attached hydrogens (tertiary/aromatic N) is 1. The van der Waals surface area contributed by atoms with E-state index in [2.05, 4.69) is 0 Å². The second-order valence-electron chi connectivity index (χ2n) is 10.1. The Labute approximate surface area is 296 Å². The number of hydrogen-bond acceptors (Lipinski definition) is 2. The van der Waals surface area contributed by atoms with Crippen molar-refractivity contribution in [1.82, 2.24) is 0 Å². The SMILES string of the molecule is [2H]c1c([2H])c([2H])c(-c2cc3c(oc4cccc(-c5c([2H])c([2H])c([2H])c(N(c6c([2H])c([2H])c([2H])c([2H])c6[2H])c6c([2H])c([2H])c7c([2H])c([2H])c([2H])c([2H])c7c6[2H])c5[2H])c43)c3ccccc23)c([2H])c1[2H]. The van der Waals surface area contributed by atoms with Crippen LogP contribution in [0.15, 0.2) is 180 Å². The smallest absolute Gasteiger partial charge is 0.143 e. The molecule has 0 amide bonds. The van der Waals surface area contributed by atoms with Gasteiger partial charge in [0.25, 0.3) is 0 Å². The summed E-state index contributed by atoms with van der Waals surface area (Å²) in [4.78, 5) is 0.604. The minimum Gasteiger partial charge on any atom is -0.455 e. The Hall–Kier alpha value is -6.12. The number of hydrogen-bond donors (Lipinski definition) is 0. The molecule has 1 aromatic heterocycles. The summed E-state index contributed by atoms with van der Waals surface area (Å²) in [6.45, 7) is 0. The van der Waals surface area contributed by atoms with Crippen molar-refractivity contribution >= 4 is 60.5 Å². The van der Waals surface area contributed by atoms with Gasteiger partial charge in [-0.25, -0.2) is 0 Å². The summed E-state index contributed by atoms with van der Waals surface area (Å²) >= 11 is 0. The van der Waals surface area contributed by atoms with Gasteiger partial charge < -0.3 is 9.32 Å². The summed E-state index contributed by atoms with van der Waals surface area (Å²) in [7, 11) is 0. The second kappa shape index (κ2) is 10.8. The van der Waals surface area contributed by atoms with Gasteiger partial charge in [-0.15, -0.1) is 0 Å². The van der Waals surface area contributed by atoms with E-state index in [9.17, 15) is 8.22 Å². The molecular formula is C44H29NO. The Bertz CT molecular complexity index is 3680. The van der Waals surface area contributed by atoms with Gasteiger partial charge >= 0.3 is 0 Å². The molecule has 1 heterocycles. The van der Waals surface area contributed by atoms with Gasteiger partial charge in [0.15, 0.2) is 0 Å². The molecule has 0 aliphatic rings. The molecule has 2 nitrogen and oxygen atoms in total. The second-order valence-corrected chi connectivity index (χ2v) is 10.1. The van der Waals surface area contributed by atoms with Gasteiger partial charge in [0.2, 0.25) is 0 Å². The third kappa shape index (κ3) is 4.35. The molecule has 0 atom stereocenters. The predicted octanol–water partition coefficient (Wildman–Crippen LogP) is 12.7. The minimum atomic E-state index is -0.969. The maximum Gasteiger partial charge on any atom is 0.143 e. The normalized spacial score (nSPS) is 17.9. The fourth-order valence-electron chi connectivity index (χ4n) is 5.60. The molecule has 0 bridgehead atoms. The molecule has 9 aromatic rings. The van der Waals surface area contributed by atoms with Crippen LogP contribution in [0.25, 0.3) is 65.7 Å². The first-order valence-corrected chi connectivity index (χ1v) is 14.0.